The van der Waals surface area contributed by atoms with Crippen molar-refractivity contribution in [3.8, 4) is 0 Å². The molecule has 0 aromatic heterocycles. The van der Waals surface area contributed by atoms with Crippen LogP contribution in [0.3, 0.4) is 0 Å². The van der Waals surface area contributed by atoms with Gasteiger partial charge in [-0.2, -0.15) is 0 Å². The Balaban J connectivity index is 1.84. The van der Waals surface area contributed by atoms with Crippen LogP contribution in [0.5, 0.6) is 0 Å². The predicted molar refractivity (Wildman–Crippen MR) is 60.5 cm³/mol. The van der Waals surface area contributed by atoms with Crippen molar-refractivity contribution in [2.24, 2.45) is 11.8 Å². The molecule has 2 aliphatic rings. The first-order chi connectivity index (χ1) is 7.16. The van der Waals surface area contributed by atoms with Crippen molar-refractivity contribution in [1.29, 1.82) is 0 Å². The van der Waals surface area contributed by atoms with Crippen molar-refractivity contribution in [2.75, 3.05) is 19.6 Å². The summed E-state index contributed by atoms with van der Waals surface area (Å²) in [6, 6.07) is 0.460. The molecular weight excluding hydrogens is 188 g/mol. The van der Waals surface area contributed by atoms with Crippen molar-refractivity contribution in [2.45, 2.75) is 39.2 Å². The van der Waals surface area contributed by atoms with Crippen molar-refractivity contribution in [3.05, 3.63) is 0 Å². The van der Waals surface area contributed by atoms with Gasteiger partial charge in [-0.1, -0.05) is 6.92 Å². The molecule has 0 bridgehead atoms. The van der Waals surface area contributed by atoms with Gasteiger partial charge in [0.05, 0.1) is 0 Å². The number of carbonyl (C=O) groups is 1. The van der Waals surface area contributed by atoms with E-state index >= 15 is 0 Å². The van der Waals surface area contributed by atoms with E-state index in [1.54, 1.807) is 0 Å². The monoisotopic (exact) mass is 210 g/mol. The fraction of sp³-hybridized carbons (Fsp3) is 0.917. The van der Waals surface area contributed by atoms with Gasteiger partial charge in [-0.05, 0) is 44.7 Å². The minimum Gasteiger partial charge on any atom is -0.340 e. The quantitative estimate of drug-likeness (QED) is 0.744. The Morgan fingerprint density at radius 2 is 2.27 bits per heavy atom. The van der Waals surface area contributed by atoms with Gasteiger partial charge in [0.1, 0.15) is 0 Å². The lowest BCUT2D eigenvalue weighted by Crippen LogP contribution is -2.35. The second-order valence-electron chi connectivity index (χ2n) is 5.30. The molecule has 3 unspecified atom stereocenters. The molecule has 0 aromatic rings. The number of nitrogens with one attached hydrogen (secondary N) is 1. The van der Waals surface area contributed by atoms with E-state index < -0.39 is 0 Å². The van der Waals surface area contributed by atoms with Crippen LogP contribution >= 0.6 is 0 Å². The third kappa shape index (κ3) is 2.51. The second-order valence-corrected chi connectivity index (χ2v) is 5.30. The first-order valence-electron chi connectivity index (χ1n) is 6.17. The van der Waals surface area contributed by atoms with Crippen LogP contribution in [-0.4, -0.2) is 36.5 Å². The zero-order chi connectivity index (χ0) is 10.8. The van der Waals surface area contributed by atoms with Gasteiger partial charge in [-0.3, -0.25) is 4.79 Å². The summed E-state index contributed by atoms with van der Waals surface area (Å²) in [4.78, 5) is 14.1. The minimum absolute atomic E-state index is 0.376. The Morgan fingerprint density at radius 3 is 2.80 bits per heavy atom. The zero-order valence-electron chi connectivity index (χ0n) is 9.83. The summed E-state index contributed by atoms with van der Waals surface area (Å²) in [5.41, 5.74) is 0. The smallest absolute Gasteiger partial charge is 0.223 e. The van der Waals surface area contributed by atoms with Crippen LogP contribution in [0.15, 0.2) is 0 Å². The summed E-state index contributed by atoms with van der Waals surface area (Å²) >= 11 is 0. The fourth-order valence-corrected chi connectivity index (χ4v) is 2.90. The van der Waals surface area contributed by atoms with E-state index in [0.717, 1.165) is 26.1 Å². The molecule has 0 saturated carbocycles. The van der Waals surface area contributed by atoms with Crippen LogP contribution < -0.4 is 5.32 Å². The lowest BCUT2D eigenvalue weighted by molar-refractivity contribution is -0.132. The van der Waals surface area contributed by atoms with Gasteiger partial charge in [0.25, 0.3) is 0 Å². The highest BCUT2D eigenvalue weighted by Crippen LogP contribution is 2.24. The molecule has 0 aromatic carbocycles. The first kappa shape index (κ1) is 10.9. The Kier molecular flexibility index (Phi) is 3.29. The Bertz CT molecular complexity index is 236. The third-order valence-electron chi connectivity index (χ3n) is 3.73. The molecule has 0 spiro atoms. The average Bonchev–Trinajstić information content (AvgIpc) is 2.75. The first-order valence-corrected chi connectivity index (χ1v) is 6.17. The SMILES string of the molecule is CC1CC(C)N(C(=O)CC2CCNC2)C1. The van der Waals surface area contributed by atoms with Gasteiger partial charge in [0, 0.05) is 19.0 Å². The molecule has 1 N–H and O–H groups in total. The third-order valence-corrected chi connectivity index (χ3v) is 3.73. The van der Waals surface area contributed by atoms with Crippen LogP contribution in [0, 0.1) is 11.8 Å². The maximum Gasteiger partial charge on any atom is 0.223 e. The zero-order valence-corrected chi connectivity index (χ0v) is 9.83. The molecule has 3 nitrogen and oxygen atoms in total. The topological polar surface area (TPSA) is 32.3 Å². The summed E-state index contributed by atoms with van der Waals surface area (Å²) in [6.45, 7) is 7.50. The molecule has 15 heavy (non-hydrogen) atoms. The molecule has 2 saturated heterocycles. The summed E-state index contributed by atoms with van der Waals surface area (Å²) in [7, 11) is 0. The number of likely N-dealkylation sites (tertiary alicyclic amines) is 1. The van der Waals surface area contributed by atoms with Crippen molar-refractivity contribution < 1.29 is 4.79 Å². The van der Waals surface area contributed by atoms with E-state index in [2.05, 4.69) is 24.1 Å². The number of rotatable bonds is 2. The van der Waals surface area contributed by atoms with E-state index in [9.17, 15) is 4.79 Å². The molecule has 3 atom stereocenters. The van der Waals surface area contributed by atoms with Crippen molar-refractivity contribution in [1.82, 2.24) is 10.2 Å². The molecule has 3 heteroatoms. The number of hydrogen-bond acceptors (Lipinski definition) is 2. The molecule has 0 radical (unpaired) electrons. The van der Waals surface area contributed by atoms with Crippen molar-refractivity contribution in [3.63, 3.8) is 0 Å². The summed E-state index contributed by atoms with van der Waals surface area (Å²) < 4.78 is 0. The second kappa shape index (κ2) is 4.52. The standard InChI is InChI=1S/C12H22N2O/c1-9-5-10(2)14(8-9)12(15)6-11-3-4-13-7-11/h9-11,13H,3-8H2,1-2H3. The van der Waals surface area contributed by atoms with Crippen LogP contribution in [0.2, 0.25) is 0 Å². The van der Waals surface area contributed by atoms with Gasteiger partial charge in [-0.15, -0.1) is 0 Å². The van der Waals surface area contributed by atoms with Gasteiger partial charge >= 0.3 is 0 Å². The molecule has 86 valence electrons. The van der Waals surface area contributed by atoms with E-state index in [-0.39, 0.29) is 0 Å². The van der Waals surface area contributed by atoms with E-state index in [0.29, 0.717) is 23.8 Å². The Morgan fingerprint density at radius 1 is 1.47 bits per heavy atom. The molecule has 2 aliphatic heterocycles. The van der Waals surface area contributed by atoms with Crippen LogP contribution in [-0.2, 0) is 4.79 Å². The van der Waals surface area contributed by atoms with Crippen molar-refractivity contribution >= 4 is 5.91 Å². The highest BCUT2D eigenvalue weighted by atomic mass is 16.2. The Hall–Kier alpha value is -0.570. The minimum atomic E-state index is 0.376. The van der Waals surface area contributed by atoms with Crippen LogP contribution in [0.25, 0.3) is 0 Å². The van der Waals surface area contributed by atoms with Gasteiger partial charge in [0.15, 0.2) is 0 Å². The summed E-state index contributed by atoms with van der Waals surface area (Å²) in [5.74, 6) is 1.65. The van der Waals surface area contributed by atoms with Gasteiger partial charge in [-0.25, -0.2) is 0 Å². The number of nitrogens with zero attached hydrogens (tertiary/aromatic N) is 1. The molecule has 2 rings (SSSR count). The average molecular weight is 210 g/mol. The summed E-state index contributed by atoms with van der Waals surface area (Å²) in [6.07, 6.45) is 3.10. The highest BCUT2D eigenvalue weighted by molar-refractivity contribution is 5.77. The highest BCUT2D eigenvalue weighted by Gasteiger charge is 2.31. The lowest BCUT2D eigenvalue weighted by Gasteiger charge is -2.23. The van der Waals surface area contributed by atoms with E-state index in [1.807, 2.05) is 0 Å². The lowest BCUT2D eigenvalue weighted by atomic mass is 10.0. The fourth-order valence-electron chi connectivity index (χ4n) is 2.90. The number of amides is 1. The molecule has 1 amide bonds. The number of carbonyl (C=O) groups excluding carboxylic acids is 1. The van der Waals surface area contributed by atoms with Gasteiger partial charge < -0.3 is 10.2 Å². The maximum atomic E-state index is 12.1. The molecule has 2 heterocycles. The normalized spacial score (nSPS) is 36.1. The molecule has 0 aliphatic carbocycles. The molecular formula is C12H22N2O. The van der Waals surface area contributed by atoms with E-state index in [1.165, 1.54) is 12.8 Å². The van der Waals surface area contributed by atoms with E-state index in [4.69, 9.17) is 0 Å². The molecule has 2 fully saturated rings. The predicted octanol–water partition coefficient (Wildman–Crippen LogP) is 1.24. The summed E-state index contributed by atoms with van der Waals surface area (Å²) in [5, 5.41) is 3.32. The Labute approximate surface area is 92.2 Å². The van der Waals surface area contributed by atoms with Crippen LogP contribution in [0.4, 0.5) is 0 Å². The number of hydrogen-bond donors (Lipinski definition) is 1. The van der Waals surface area contributed by atoms with Gasteiger partial charge in [0.2, 0.25) is 5.91 Å². The maximum absolute atomic E-state index is 12.1. The van der Waals surface area contributed by atoms with Crippen LogP contribution in [0.1, 0.15) is 33.1 Å². The largest absolute Gasteiger partial charge is 0.340 e.